The van der Waals surface area contributed by atoms with Crippen LogP contribution in [0.4, 0.5) is 0 Å². The second-order valence-corrected chi connectivity index (χ2v) is 5.33. The molecule has 3 rings (SSSR count). The number of ether oxygens (including phenoxy) is 2. The van der Waals surface area contributed by atoms with Crippen molar-refractivity contribution in [2.75, 3.05) is 7.11 Å². The van der Waals surface area contributed by atoms with Gasteiger partial charge in [0.25, 0.3) is 0 Å². The fraction of sp³-hybridized carbons (Fsp3) is 0.333. The van der Waals surface area contributed by atoms with Crippen LogP contribution in [-0.2, 0) is 22.5 Å². The smallest absolute Gasteiger partial charge is 0.228 e. The van der Waals surface area contributed by atoms with Crippen molar-refractivity contribution in [2.24, 2.45) is 0 Å². The van der Waals surface area contributed by atoms with Gasteiger partial charge in [0, 0.05) is 23.6 Å². The average molecular weight is 290 g/mol. The van der Waals surface area contributed by atoms with Gasteiger partial charge in [-0.25, -0.2) is 0 Å². The van der Waals surface area contributed by atoms with Crippen LogP contribution in [0, 0.1) is 0 Å². The number of carbonyl (C=O) groups excluding carboxylic acids is 2. The Labute approximate surface area is 120 Å². The molecule has 0 saturated carbocycles. The molecule has 110 valence electrons. The molecule has 0 saturated heterocycles. The first kappa shape index (κ1) is 13.8. The average Bonchev–Trinajstić information content (AvgIpc) is 2.41. The Balaban J connectivity index is 2.21. The molecule has 0 bridgehead atoms. The molecule has 0 radical (unpaired) electrons. The molecule has 21 heavy (non-hydrogen) atoms. The Morgan fingerprint density at radius 1 is 1.38 bits per heavy atom. The normalized spacial score (nSPS) is 24.2. The summed E-state index contributed by atoms with van der Waals surface area (Å²) in [4.78, 5) is 24.3. The summed E-state index contributed by atoms with van der Waals surface area (Å²) in [6, 6.07) is 1.52. The Morgan fingerprint density at radius 3 is 2.76 bits per heavy atom. The minimum Gasteiger partial charge on any atom is -0.507 e. The molecule has 0 aromatic heterocycles. The van der Waals surface area contributed by atoms with E-state index in [9.17, 15) is 19.8 Å². The number of benzene rings is 1. The van der Waals surface area contributed by atoms with E-state index in [0.29, 0.717) is 11.1 Å². The molecule has 1 aromatic rings. The lowest BCUT2D eigenvalue weighted by Crippen LogP contribution is -2.35. The van der Waals surface area contributed by atoms with Gasteiger partial charge in [-0.05, 0) is 18.6 Å². The van der Waals surface area contributed by atoms with Gasteiger partial charge in [0.2, 0.25) is 5.78 Å². The van der Waals surface area contributed by atoms with Gasteiger partial charge in [-0.2, -0.15) is 0 Å². The minimum atomic E-state index is -1.37. The van der Waals surface area contributed by atoms with E-state index < -0.39 is 17.4 Å². The molecule has 2 aliphatic rings. The zero-order valence-corrected chi connectivity index (χ0v) is 11.6. The number of methoxy groups -OCH3 is 1. The largest absolute Gasteiger partial charge is 0.507 e. The first-order chi connectivity index (χ1) is 9.84. The predicted molar refractivity (Wildman–Crippen MR) is 71.0 cm³/mol. The third kappa shape index (κ3) is 2.03. The van der Waals surface area contributed by atoms with Crippen molar-refractivity contribution in [3.63, 3.8) is 0 Å². The van der Waals surface area contributed by atoms with Gasteiger partial charge in [0.05, 0.1) is 19.3 Å². The summed E-state index contributed by atoms with van der Waals surface area (Å²) in [5, 5.41) is 20.2. The summed E-state index contributed by atoms with van der Waals surface area (Å²) < 4.78 is 10.1. The van der Waals surface area contributed by atoms with Crippen molar-refractivity contribution < 1.29 is 29.3 Å². The quantitative estimate of drug-likeness (QED) is 0.804. The van der Waals surface area contributed by atoms with Crippen LogP contribution in [0.1, 0.15) is 38.8 Å². The van der Waals surface area contributed by atoms with E-state index in [-0.39, 0.29) is 35.7 Å². The third-order valence-corrected chi connectivity index (χ3v) is 3.74. The Hall–Kier alpha value is -2.18. The predicted octanol–water partition coefficient (Wildman–Crippen LogP) is 1.08. The zero-order valence-electron chi connectivity index (χ0n) is 11.6. The van der Waals surface area contributed by atoms with E-state index >= 15 is 0 Å². The van der Waals surface area contributed by atoms with Crippen LogP contribution in [0.2, 0.25) is 0 Å². The van der Waals surface area contributed by atoms with Crippen molar-refractivity contribution in [1.29, 1.82) is 0 Å². The van der Waals surface area contributed by atoms with Crippen molar-refractivity contribution in [3.05, 3.63) is 40.2 Å². The lowest BCUT2D eigenvalue weighted by molar-refractivity contribution is -0.204. The number of hydrogen-bond acceptors (Lipinski definition) is 6. The second kappa shape index (κ2) is 4.41. The number of aromatic hydroxyl groups is 1. The first-order valence-electron chi connectivity index (χ1n) is 6.43. The summed E-state index contributed by atoms with van der Waals surface area (Å²) in [6.45, 7) is 1.48. The Kier molecular flexibility index (Phi) is 2.89. The van der Waals surface area contributed by atoms with Crippen LogP contribution in [0.15, 0.2) is 17.9 Å². The summed E-state index contributed by atoms with van der Waals surface area (Å²) in [5.41, 5.74) is 1.06. The lowest BCUT2D eigenvalue weighted by Gasteiger charge is -2.32. The fourth-order valence-electron chi connectivity index (χ4n) is 2.68. The molecule has 1 atom stereocenters. The SMILES string of the molecule is COC1=CC(=O)c2c(cc3c(c2O)COC(C)(O)C3)C1=O. The number of fused-ring (bicyclic) bond motifs is 2. The molecule has 0 amide bonds. The number of phenols is 1. The molecule has 1 aromatic carbocycles. The number of carbonyl (C=O) groups is 2. The van der Waals surface area contributed by atoms with E-state index in [1.54, 1.807) is 0 Å². The first-order valence-corrected chi connectivity index (χ1v) is 6.43. The molecule has 1 unspecified atom stereocenters. The van der Waals surface area contributed by atoms with Gasteiger partial charge in [0.15, 0.2) is 17.3 Å². The minimum absolute atomic E-state index is 0.0240. The Morgan fingerprint density at radius 2 is 2.10 bits per heavy atom. The number of Topliss-reactive ketones (excluding diaryl/α,β-unsaturated/α-hetero) is 1. The molecule has 1 aliphatic carbocycles. The van der Waals surface area contributed by atoms with E-state index in [2.05, 4.69) is 0 Å². The summed E-state index contributed by atoms with van der Waals surface area (Å²) >= 11 is 0. The van der Waals surface area contributed by atoms with Crippen LogP contribution >= 0.6 is 0 Å². The van der Waals surface area contributed by atoms with Crippen LogP contribution in [0.25, 0.3) is 0 Å². The van der Waals surface area contributed by atoms with Gasteiger partial charge in [-0.3, -0.25) is 9.59 Å². The topological polar surface area (TPSA) is 93.1 Å². The van der Waals surface area contributed by atoms with E-state index in [4.69, 9.17) is 9.47 Å². The van der Waals surface area contributed by atoms with Crippen molar-refractivity contribution in [1.82, 2.24) is 0 Å². The summed E-state index contributed by atoms with van der Waals surface area (Å²) in [6.07, 6.45) is 1.19. The number of ketones is 2. The number of phenolic OH excluding ortho intramolecular Hbond substituents is 1. The van der Waals surface area contributed by atoms with Crippen LogP contribution in [0.5, 0.6) is 5.75 Å². The molecule has 1 heterocycles. The highest BCUT2D eigenvalue weighted by Gasteiger charge is 2.36. The molecule has 6 heteroatoms. The van der Waals surface area contributed by atoms with Gasteiger partial charge in [-0.1, -0.05) is 0 Å². The highest BCUT2D eigenvalue weighted by molar-refractivity contribution is 6.25. The Bertz CT molecular complexity index is 699. The fourth-order valence-corrected chi connectivity index (χ4v) is 2.68. The zero-order chi connectivity index (χ0) is 15.4. The molecular weight excluding hydrogens is 276 g/mol. The standard InChI is InChI=1S/C15H14O6/c1-15(19)5-7-3-8-12(14(18)9(7)6-21-15)10(16)4-11(20-2)13(8)17/h3-4,18-19H,5-6H2,1-2H3. The highest BCUT2D eigenvalue weighted by atomic mass is 16.6. The molecule has 2 N–H and O–H groups in total. The van der Waals surface area contributed by atoms with Gasteiger partial charge >= 0.3 is 0 Å². The number of hydrogen-bond donors (Lipinski definition) is 2. The highest BCUT2D eigenvalue weighted by Crippen LogP contribution is 2.38. The van der Waals surface area contributed by atoms with Gasteiger partial charge in [-0.15, -0.1) is 0 Å². The second-order valence-electron chi connectivity index (χ2n) is 5.33. The van der Waals surface area contributed by atoms with Gasteiger partial charge in [0.1, 0.15) is 5.75 Å². The number of aliphatic hydroxyl groups is 1. The molecule has 0 spiro atoms. The maximum Gasteiger partial charge on any atom is 0.228 e. The van der Waals surface area contributed by atoms with Gasteiger partial charge < -0.3 is 19.7 Å². The third-order valence-electron chi connectivity index (χ3n) is 3.74. The monoisotopic (exact) mass is 290 g/mol. The van der Waals surface area contributed by atoms with Crippen LogP contribution in [0.3, 0.4) is 0 Å². The van der Waals surface area contributed by atoms with Crippen molar-refractivity contribution >= 4 is 11.6 Å². The number of rotatable bonds is 1. The molecule has 6 nitrogen and oxygen atoms in total. The molecular formula is C15H14O6. The lowest BCUT2D eigenvalue weighted by atomic mass is 9.85. The molecule has 0 fully saturated rings. The maximum absolute atomic E-state index is 12.2. The van der Waals surface area contributed by atoms with Crippen LogP contribution < -0.4 is 0 Å². The van der Waals surface area contributed by atoms with E-state index in [1.807, 2.05) is 0 Å². The van der Waals surface area contributed by atoms with E-state index in [1.165, 1.54) is 20.1 Å². The van der Waals surface area contributed by atoms with E-state index in [0.717, 1.165) is 6.08 Å². The number of allylic oxidation sites excluding steroid dienone is 2. The molecule has 1 aliphatic heterocycles. The maximum atomic E-state index is 12.2. The summed E-state index contributed by atoms with van der Waals surface area (Å²) in [5.74, 6) is -2.64. The van der Waals surface area contributed by atoms with Crippen molar-refractivity contribution in [2.45, 2.75) is 25.7 Å². The summed E-state index contributed by atoms with van der Waals surface area (Å²) in [7, 11) is 1.30. The van der Waals surface area contributed by atoms with Crippen molar-refractivity contribution in [3.8, 4) is 5.75 Å². The van der Waals surface area contributed by atoms with Crippen LogP contribution in [-0.4, -0.2) is 34.7 Å².